The fraction of sp³-hybridized carbons (Fsp3) is 0.333. The normalized spacial score (nSPS) is 11.5. The Morgan fingerprint density at radius 2 is 2.08 bits per heavy atom. The van der Waals surface area contributed by atoms with Crippen LogP contribution in [0.25, 0.3) is 5.57 Å². The van der Waals surface area contributed by atoms with Crippen LogP contribution < -0.4 is 0 Å². The summed E-state index contributed by atoms with van der Waals surface area (Å²) in [6, 6.07) is 2.24. The number of hydrogen-bond donors (Lipinski definition) is 0. The van der Waals surface area contributed by atoms with Crippen molar-refractivity contribution in [2.75, 3.05) is 0 Å². The molecule has 0 aliphatic carbocycles. The molecule has 0 bridgehead atoms. The lowest BCUT2D eigenvalue weighted by Gasteiger charge is -1.98. The Morgan fingerprint density at radius 3 is 2.46 bits per heavy atom. The Labute approximate surface area is 84.6 Å². The molecule has 70 valence electrons. The summed E-state index contributed by atoms with van der Waals surface area (Å²) < 4.78 is 0. The van der Waals surface area contributed by atoms with E-state index < -0.39 is 0 Å². The average molecular weight is 192 g/mol. The summed E-state index contributed by atoms with van der Waals surface area (Å²) in [4.78, 5) is 1.37. The molecule has 0 N–H and O–H groups in total. The Hall–Kier alpha value is -0.820. The van der Waals surface area contributed by atoms with E-state index in [1.165, 1.54) is 21.6 Å². The van der Waals surface area contributed by atoms with E-state index in [9.17, 15) is 0 Å². The van der Waals surface area contributed by atoms with Gasteiger partial charge in [0.25, 0.3) is 0 Å². The Morgan fingerprint density at radius 1 is 1.38 bits per heavy atom. The van der Waals surface area contributed by atoms with Crippen LogP contribution in [-0.2, 0) is 0 Å². The molecule has 1 heterocycles. The molecule has 0 saturated heterocycles. The lowest BCUT2D eigenvalue weighted by Crippen LogP contribution is -1.76. The van der Waals surface area contributed by atoms with Gasteiger partial charge >= 0.3 is 0 Å². The van der Waals surface area contributed by atoms with Crippen molar-refractivity contribution in [1.82, 2.24) is 0 Å². The summed E-state index contributed by atoms with van der Waals surface area (Å²) in [5.74, 6) is 0. The van der Waals surface area contributed by atoms with Crippen LogP contribution in [0.15, 0.2) is 29.2 Å². The SMILES string of the molecule is C/C=C(\C=C(C)C)c1csc(C)c1. The van der Waals surface area contributed by atoms with Crippen molar-refractivity contribution in [1.29, 1.82) is 0 Å². The van der Waals surface area contributed by atoms with E-state index >= 15 is 0 Å². The molecule has 0 nitrogen and oxygen atoms in total. The number of rotatable bonds is 2. The first-order valence-electron chi connectivity index (χ1n) is 4.50. The van der Waals surface area contributed by atoms with Crippen LogP contribution in [0.3, 0.4) is 0 Å². The maximum absolute atomic E-state index is 2.24. The molecule has 0 aromatic carbocycles. The van der Waals surface area contributed by atoms with E-state index in [4.69, 9.17) is 0 Å². The van der Waals surface area contributed by atoms with Crippen molar-refractivity contribution >= 4 is 16.9 Å². The van der Waals surface area contributed by atoms with Gasteiger partial charge in [0.15, 0.2) is 0 Å². The van der Waals surface area contributed by atoms with Gasteiger partial charge in [0, 0.05) is 4.88 Å². The van der Waals surface area contributed by atoms with Gasteiger partial charge in [-0.25, -0.2) is 0 Å². The topological polar surface area (TPSA) is 0 Å². The molecule has 0 aliphatic rings. The van der Waals surface area contributed by atoms with Gasteiger partial charge in [-0.05, 0) is 50.3 Å². The van der Waals surface area contributed by atoms with Gasteiger partial charge in [-0.15, -0.1) is 11.3 Å². The standard InChI is InChI=1S/C12H16S/c1-5-11(6-9(2)3)12-7-10(4)13-8-12/h5-8H,1-4H3/b11-5+. The number of hydrogen-bond acceptors (Lipinski definition) is 1. The molecule has 0 fully saturated rings. The molecule has 13 heavy (non-hydrogen) atoms. The Bertz CT molecular complexity index is 336. The lowest BCUT2D eigenvalue weighted by atomic mass is 10.1. The number of thiophene rings is 1. The zero-order chi connectivity index (χ0) is 9.84. The van der Waals surface area contributed by atoms with Gasteiger partial charge in [-0.2, -0.15) is 0 Å². The highest BCUT2D eigenvalue weighted by molar-refractivity contribution is 7.10. The van der Waals surface area contributed by atoms with E-state index in [2.05, 4.69) is 51.3 Å². The van der Waals surface area contributed by atoms with E-state index in [-0.39, 0.29) is 0 Å². The summed E-state index contributed by atoms with van der Waals surface area (Å²) in [5, 5.41) is 2.21. The quantitative estimate of drug-likeness (QED) is 0.608. The zero-order valence-electron chi connectivity index (χ0n) is 8.72. The maximum atomic E-state index is 2.24. The van der Waals surface area contributed by atoms with Gasteiger partial charge in [-0.1, -0.05) is 17.7 Å². The molecule has 0 amide bonds. The second kappa shape index (κ2) is 4.43. The first-order valence-corrected chi connectivity index (χ1v) is 5.38. The van der Waals surface area contributed by atoms with Gasteiger partial charge in [0.1, 0.15) is 0 Å². The second-order valence-corrected chi connectivity index (χ2v) is 4.53. The van der Waals surface area contributed by atoms with Gasteiger partial charge < -0.3 is 0 Å². The fourth-order valence-corrected chi connectivity index (χ4v) is 1.95. The first kappa shape index (κ1) is 10.3. The minimum Gasteiger partial charge on any atom is -0.149 e. The van der Waals surface area contributed by atoms with Gasteiger partial charge in [-0.3, -0.25) is 0 Å². The van der Waals surface area contributed by atoms with Gasteiger partial charge in [0.2, 0.25) is 0 Å². The monoisotopic (exact) mass is 192 g/mol. The summed E-state index contributed by atoms with van der Waals surface area (Å²) in [6.07, 6.45) is 4.38. The van der Waals surface area contributed by atoms with Crippen LogP contribution >= 0.6 is 11.3 Å². The fourth-order valence-electron chi connectivity index (χ4n) is 1.24. The van der Waals surface area contributed by atoms with Crippen LogP contribution in [0, 0.1) is 6.92 Å². The number of aryl methyl sites for hydroxylation is 1. The summed E-state index contributed by atoms with van der Waals surface area (Å²) >= 11 is 1.81. The predicted molar refractivity (Wildman–Crippen MR) is 62.1 cm³/mol. The molecule has 1 rings (SSSR count). The first-order chi connectivity index (χ1) is 6.13. The Kier molecular flexibility index (Phi) is 3.49. The zero-order valence-corrected chi connectivity index (χ0v) is 9.53. The third-order valence-corrected chi connectivity index (χ3v) is 2.68. The highest BCUT2D eigenvalue weighted by Gasteiger charge is 1.99. The third kappa shape index (κ3) is 2.85. The number of allylic oxidation sites excluding steroid dienone is 4. The molecule has 0 unspecified atom stereocenters. The second-order valence-electron chi connectivity index (χ2n) is 3.41. The minimum atomic E-state index is 1.32. The highest BCUT2D eigenvalue weighted by Crippen LogP contribution is 2.23. The molecule has 0 atom stereocenters. The van der Waals surface area contributed by atoms with Crippen molar-refractivity contribution < 1.29 is 0 Å². The smallest absolute Gasteiger partial charge is 0.00205 e. The third-order valence-electron chi connectivity index (χ3n) is 1.82. The summed E-state index contributed by atoms with van der Waals surface area (Å²) in [6.45, 7) is 8.48. The van der Waals surface area contributed by atoms with Crippen LogP contribution in [0.4, 0.5) is 0 Å². The lowest BCUT2D eigenvalue weighted by molar-refractivity contribution is 1.39. The molecule has 0 saturated carbocycles. The van der Waals surface area contributed by atoms with Crippen molar-refractivity contribution in [2.24, 2.45) is 0 Å². The Balaban J connectivity index is 2.99. The maximum Gasteiger partial charge on any atom is 0.00205 e. The largest absolute Gasteiger partial charge is 0.149 e. The molecule has 1 heteroatoms. The summed E-state index contributed by atoms with van der Waals surface area (Å²) in [5.41, 5.74) is 4.01. The van der Waals surface area contributed by atoms with E-state index in [0.29, 0.717) is 0 Å². The molecule has 1 aromatic rings. The molecule has 0 spiro atoms. The summed E-state index contributed by atoms with van der Waals surface area (Å²) in [7, 11) is 0. The molecule has 0 aliphatic heterocycles. The van der Waals surface area contributed by atoms with Crippen molar-refractivity contribution in [3.8, 4) is 0 Å². The van der Waals surface area contributed by atoms with Crippen LogP contribution in [0.1, 0.15) is 31.2 Å². The van der Waals surface area contributed by atoms with Crippen molar-refractivity contribution in [3.63, 3.8) is 0 Å². The van der Waals surface area contributed by atoms with E-state index in [1.807, 2.05) is 0 Å². The molecule has 1 aromatic heterocycles. The molecular formula is C12H16S. The van der Waals surface area contributed by atoms with E-state index in [0.717, 1.165) is 0 Å². The van der Waals surface area contributed by atoms with Crippen molar-refractivity contribution in [3.05, 3.63) is 39.6 Å². The highest BCUT2D eigenvalue weighted by atomic mass is 32.1. The van der Waals surface area contributed by atoms with Crippen LogP contribution in [0.5, 0.6) is 0 Å². The predicted octanol–water partition coefficient (Wildman–Crippen LogP) is 4.43. The molecule has 0 radical (unpaired) electrons. The molecular weight excluding hydrogens is 176 g/mol. The average Bonchev–Trinajstić information content (AvgIpc) is 2.47. The van der Waals surface area contributed by atoms with Crippen molar-refractivity contribution in [2.45, 2.75) is 27.7 Å². The van der Waals surface area contributed by atoms with E-state index in [1.54, 1.807) is 11.3 Å². The van der Waals surface area contributed by atoms with Crippen LogP contribution in [0.2, 0.25) is 0 Å². The minimum absolute atomic E-state index is 1.32. The van der Waals surface area contributed by atoms with Gasteiger partial charge in [0.05, 0.1) is 0 Å². The van der Waals surface area contributed by atoms with Crippen LogP contribution in [-0.4, -0.2) is 0 Å².